The van der Waals surface area contributed by atoms with Crippen molar-refractivity contribution in [2.45, 2.75) is 90.9 Å². The molecule has 3 aromatic heterocycles. The third-order valence-corrected chi connectivity index (χ3v) is 14.0. The molecular formula is C64H60N4OPt-2. The Balaban J connectivity index is 0.00000608. The molecule has 0 unspecified atom stereocenters. The molecule has 0 N–H and O–H groups in total. The van der Waals surface area contributed by atoms with Crippen LogP contribution in [0.5, 0.6) is 11.5 Å². The molecule has 70 heavy (non-hydrogen) atoms. The molecule has 10 aromatic rings. The van der Waals surface area contributed by atoms with Crippen molar-refractivity contribution in [2.24, 2.45) is 0 Å². The first-order valence-electron chi connectivity index (χ1n) is 24.0. The van der Waals surface area contributed by atoms with Crippen LogP contribution in [0.25, 0.3) is 50.3 Å². The molecule has 0 fully saturated rings. The van der Waals surface area contributed by atoms with Gasteiger partial charge < -0.3 is 13.9 Å². The van der Waals surface area contributed by atoms with Gasteiger partial charge in [-0.25, -0.2) is 4.98 Å². The Morgan fingerprint density at radius 3 is 1.73 bits per heavy atom. The summed E-state index contributed by atoms with van der Waals surface area (Å²) in [6, 6.07) is 67.8. The van der Waals surface area contributed by atoms with Crippen LogP contribution < -0.4 is 9.30 Å². The summed E-state index contributed by atoms with van der Waals surface area (Å²) in [5, 5.41) is 2.21. The number of imidazole rings is 1. The first-order valence-corrected chi connectivity index (χ1v) is 24.0. The molecule has 0 amide bonds. The first-order chi connectivity index (χ1) is 32.9. The molecular weight excluding hydrogens is 1040 g/mol. The van der Waals surface area contributed by atoms with Crippen LogP contribution in [0.3, 0.4) is 0 Å². The summed E-state index contributed by atoms with van der Waals surface area (Å²) < 4.78 is 13.4. The molecule has 5 nitrogen and oxygen atoms in total. The monoisotopic (exact) mass is 1100 g/mol. The fourth-order valence-electron chi connectivity index (χ4n) is 9.45. The van der Waals surface area contributed by atoms with Crippen molar-refractivity contribution in [3.05, 3.63) is 234 Å². The number of para-hydroxylation sites is 1. The van der Waals surface area contributed by atoms with E-state index >= 15 is 0 Å². The maximum Gasteiger partial charge on any atom is 0.267 e. The second-order valence-corrected chi connectivity index (χ2v) is 21.5. The molecule has 0 atom stereocenters. The van der Waals surface area contributed by atoms with E-state index < -0.39 is 5.41 Å². The van der Waals surface area contributed by atoms with Gasteiger partial charge in [0.05, 0.1) is 11.4 Å². The fraction of sp³-hybridized carbons (Fsp3) is 0.219. The Labute approximate surface area is 428 Å². The van der Waals surface area contributed by atoms with E-state index in [1.54, 1.807) is 0 Å². The molecule has 0 aliphatic carbocycles. The van der Waals surface area contributed by atoms with Crippen LogP contribution >= 0.6 is 0 Å². The molecule has 6 heteroatoms. The zero-order chi connectivity index (χ0) is 48.3. The number of ether oxygens (including phenoxy) is 1. The molecule has 0 aliphatic rings. The maximum atomic E-state index is 6.96. The summed E-state index contributed by atoms with van der Waals surface area (Å²) in [5.74, 6) is 2.01. The molecule has 0 bridgehead atoms. The van der Waals surface area contributed by atoms with Crippen LogP contribution in [0.1, 0.15) is 103 Å². The summed E-state index contributed by atoms with van der Waals surface area (Å²) in [5.41, 5.74) is 12.3. The summed E-state index contributed by atoms with van der Waals surface area (Å²) >= 11 is 0. The second-order valence-electron chi connectivity index (χ2n) is 21.5. The van der Waals surface area contributed by atoms with Gasteiger partial charge in [-0.3, -0.25) is 4.57 Å². The third kappa shape index (κ3) is 9.20. The van der Waals surface area contributed by atoms with Gasteiger partial charge in [0.1, 0.15) is 5.82 Å². The van der Waals surface area contributed by atoms with Crippen molar-refractivity contribution in [1.29, 1.82) is 0 Å². The largest absolute Gasteiger partial charge is 0.510 e. The average Bonchev–Trinajstić information content (AvgIpc) is 3.94. The van der Waals surface area contributed by atoms with Gasteiger partial charge in [0.2, 0.25) is 0 Å². The number of nitrogens with zero attached hydrogens (tertiary/aromatic N) is 4. The third-order valence-electron chi connectivity index (χ3n) is 14.0. The van der Waals surface area contributed by atoms with E-state index in [-0.39, 0.29) is 37.3 Å². The van der Waals surface area contributed by atoms with Crippen LogP contribution in [0, 0.1) is 18.5 Å². The molecule has 0 aliphatic heterocycles. The number of benzene rings is 7. The van der Waals surface area contributed by atoms with Gasteiger partial charge in [-0.2, -0.15) is 12.1 Å². The van der Waals surface area contributed by atoms with Crippen LogP contribution in [0.15, 0.2) is 182 Å². The topological polar surface area (TPSA) is 35.9 Å². The van der Waals surface area contributed by atoms with Crippen LogP contribution in [-0.4, -0.2) is 14.1 Å². The standard InChI is InChI=1S/C64H60N4O.Pt/c1-61(2,3)47-32-33-65-60(39-47)68-57-29-21-20-28-55(57)56-31-30-53(41-58(56)68)69-54-38-50(64(9,10)46-26-18-13-19-27-46)36-51(40-54)66-42-59(44-22-14-11-15-23-44)67(43-66)52-35-48(62(4,5)6)34-49(37-52)63(7,8)45-24-16-12-17-25-45;/h11-39,42H,1-10H3;/q-2;. The minimum absolute atomic E-state index is 0. The Kier molecular flexibility index (Phi) is 12.7. The van der Waals surface area contributed by atoms with E-state index in [0.29, 0.717) is 11.5 Å². The molecule has 7 aromatic carbocycles. The molecule has 3 heterocycles. The Morgan fingerprint density at radius 2 is 1.09 bits per heavy atom. The number of aromatic nitrogens is 4. The molecule has 354 valence electrons. The van der Waals surface area contributed by atoms with Gasteiger partial charge in [0.25, 0.3) is 6.33 Å². The van der Waals surface area contributed by atoms with E-state index in [9.17, 15) is 0 Å². The van der Waals surface area contributed by atoms with Crippen molar-refractivity contribution in [1.82, 2.24) is 14.1 Å². The van der Waals surface area contributed by atoms with Crippen molar-refractivity contribution >= 4 is 21.8 Å². The molecule has 0 saturated carbocycles. The molecule has 0 spiro atoms. The summed E-state index contributed by atoms with van der Waals surface area (Å²) in [4.78, 5) is 4.91. The van der Waals surface area contributed by atoms with Crippen molar-refractivity contribution in [3.8, 4) is 39.9 Å². The predicted octanol–water partition coefficient (Wildman–Crippen LogP) is 15.4. The Hall–Kier alpha value is -6.81. The maximum absolute atomic E-state index is 6.96. The minimum Gasteiger partial charge on any atom is -0.510 e. The van der Waals surface area contributed by atoms with Crippen molar-refractivity contribution < 1.29 is 30.4 Å². The van der Waals surface area contributed by atoms with E-state index in [1.807, 2.05) is 12.3 Å². The quantitative estimate of drug-likeness (QED) is 0.101. The normalized spacial score (nSPS) is 12.3. The van der Waals surface area contributed by atoms with Gasteiger partial charge >= 0.3 is 0 Å². The van der Waals surface area contributed by atoms with Gasteiger partial charge in [-0.05, 0) is 91.0 Å². The zero-order valence-corrected chi connectivity index (χ0v) is 44.1. The summed E-state index contributed by atoms with van der Waals surface area (Å²) in [7, 11) is 0. The number of pyridine rings is 1. The van der Waals surface area contributed by atoms with Crippen LogP contribution in [0.4, 0.5) is 0 Å². The minimum atomic E-state index is -0.391. The number of rotatable bonds is 10. The van der Waals surface area contributed by atoms with Crippen LogP contribution in [0.2, 0.25) is 0 Å². The second kappa shape index (κ2) is 18.5. The van der Waals surface area contributed by atoms with Gasteiger partial charge in [-0.15, -0.1) is 35.2 Å². The first kappa shape index (κ1) is 48.2. The number of fused-ring (bicyclic) bond motifs is 3. The van der Waals surface area contributed by atoms with Gasteiger partial charge in [-0.1, -0.05) is 190 Å². The summed E-state index contributed by atoms with van der Waals surface area (Å²) in [6.45, 7) is 22.7. The van der Waals surface area contributed by atoms with Crippen LogP contribution in [-0.2, 0) is 42.7 Å². The van der Waals surface area contributed by atoms with E-state index in [1.165, 1.54) is 27.8 Å². The van der Waals surface area contributed by atoms with Crippen molar-refractivity contribution in [3.63, 3.8) is 0 Å². The smallest absolute Gasteiger partial charge is 0.267 e. The molecule has 0 saturated heterocycles. The van der Waals surface area contributed by atoms with E-state index in [0.717, 1.165) is 55.8 Å². The predicted molar refractivity (Wildman–Crippen MR) is 282 cm³/mol. The SMILES string of the molecule is CC(C)(C)c1cc(-[n+]2[c-]n(-c3[c-]c(Oc4[c-]c5c(cc4)c4ccccc4n5-c4cc(C(C)(C)C)ccn4)cc(C(C)(C)c4ccccc4)c3)cc2-c2ccccc2)cc(C(C)(C)c2ccccc2)c1.[Pt]. The van der Waals surface area contributed by atoms with E-state index in [2.05, 4.69) is 271 Å². The van der Waals surface area contributed by atoms with Gasteiger partial charge in [0.15, 0.2) is 0 Å². The number of hydrogen-bond acceptors (Lipinski definition) is 2. The fourth-order valence-corrected chi connectivity index (χ4v) is 9.45. The molecule has 0 radical (unpaired) electrons. The van der Waals surface area contributed by atoms with E-state index in [4.69, 9.17) is 9.72 Å². The van der Waals surface area contributed by atoms with Gasteiger partial charge in [0, 0.05) is 55.9 Å². The summed E-state index contributed by atoms with van der Waals surface area (Å²) in [6.07, 6.45) is 7.91. The zero-order valence-electron chi connectivity index (χ0n) is 41.8. The molecule has 10 rings (SSSR count). The van der Waals surface area contributed by atoms with Crippen molar-refractivity contribution in [2.75, 3.05) is 0 Å². The number of hydrogen-bond donors (Lipinski definition) is 0. The average molecular weight is 1100 g/mol. The Morgan fingerprint density at radius 1 is 0.500 bits per heavy atom. The Bertz CT molecular complexity index is 3480.